The van der Waals surface area contributed by atoms with Gasteiger partial charge >= 0.3 is 0 Å². The van der Waals surface area contributed by atoms with Crippen molar-refractivity contribution < 1.29 is 24.6 Å². The van der Waals surface area contributed by atoms with Gasteiger partial charge in [0.2, 0.25) is 5.91 Å². The number of carbonyl (C=O) groups is 3. The summed E-state index contributed by atoms with van der Waals surface area (Å²) in [6, 6.07) is 6.35. The van der Waals surface area contributed by atoms with Gasteiger partial charge in [0, 0.05) is 35.9 Å². The van der Waals surface area contributed by atoms with Crippen LogP contribution in [0.15, 0.2) is 24.3 Å². The van der Waals surface area contributed by atoms with Crippen LogP contribution < -0.4 is 15.5 Å². The van der Waals surface area contributed by atoms with Crippen molar-refractivity contribution in [1.29, 1.82) is 0 Å². The van der Waals surface area contributed by atoms with Crippen LogP contribution in [0.4, 0.5) is 5.69 Å². The van der Waals surface area contributed by atoms with Gasteiger partial charge in [0.15, 0.2) is 0 Å². The van der Waals surface area contributed by atoms with E-state index in [9.17, 15) is 24.6 Å². The van der Waals surface area contributed by atoms with Crippen molar-refractivity contribution >= 4 is 23.5 Å². The van der Waals surface area contributed by atoms with Gasteiger partial charge in [-0.1, -0.05) is 25.0 Å². The monoisotopic (exact) mass is 303 g/mol. The molecule has 1 aromatic rings. The molecule has 2 atom stereocenters. The summed E-state index contributed by atoms with van der Waals surface area (Å²) < 4.78 is 0. The summed E-state index contributed by atoms with van der Waals surface area (Å²) in [5, 5.41) is 24.3. The molecule has 0 radical (unpaired) electrons. The number of hydrogen-bond acceptors (Lipinski definition) is 5. The fourth-order valence-electron chi connectivity index (χ4n) is 2.83. The lowest BCUT2D eigenvalue weighted by molar-refractivity contribution is -0.314. The van der Waals surface area contributed by atoms with Crippen molar-refractivity contribution in [3.05, 3.63) is 29.8 Å². The van der Waals surface area contributed by atoms with Crippen LogP contribution in [0.1, 0.15) is 31.2 Å². The summed E-state index contributed by atoms with van der Waals surface area (Å²) in [5.74, 6) is -4.01. The van der Waals surface area contributed by atoms with Gasteiger partial charge in [-0.05, 0) is 30.5 Å². The molecule has 1 aliphatic carbocycles. The standard InChI is InChI=1S/C16H19NO5/c18-14(19)9-10-5-7-11(8-6-10)17-15(20)12-3-1-2-4-13(12)16(21)22/h5-8,12-13H,1-4,9H2,(H,17,20)(H,18,19)(H,21,22)/p-2/t12-,13-/m1/s1. The van der Waals surface area contributed by atoms with Crippen molar-refractivity contribution in [1.82, 2.24) is 0 Å². The molecule has 0 heterocycles. The molecule has 6 nitrogen and oxygen atoms in total. The average molecular weight is 303 g/mol. The Morgan fingerprint density at radius 1 is 1.00 bits per heavy atom. The average Bonchev–Trinajstić information content (AvgIpc) is 2.48. The van der Waals surface area contributed by atoms with Gasteiger partial charge in [0.05, 0.1) is 0 Å². The zero-order valence-corrected chi connectivity index (χ0v) is 12.0. The molecule has 0 spiro atoms. The minimum Gasteiger partial charge on any atom is -0.550 e. The molecule has 1 aliphatic rings. The number of carboxylic acids is 2. The van der Waals surface area contributed by atoms with E-state index in [0.29, 0.717) is 24.1 Å². The Kier molecular flexibility index (Phi) is 5.14. The first kappa shape index (κ1) is 16.0. The van der Waals surface area contributed by atoms with E-state index in [4.69, 9.17) is 0 Å². The van der Waals surface area contributed by atoms with Crippen molar-refractivity contribution in [2.45, 2.75) is 32.1 Å². The van der Waals surface area contributed by atoms with Crippen LogP contribution >= 0.6 is 0 Å². The van der Waals surface area contributed by atoms with Crippen LogP contribution in [0.25, 0.3) is 0 Å². The van der Waals surface area contributed by atoms with Crippen molar-refractivity contribution in [2.75, 3.05) is 5.32 Å². The molecule has 1 aromatic carbocycles. The predicted octanol–water partition coefficient (Wildman–Crippen LogP) is -0.526. The molecule has 6 heteroatoms. The second kappa shape index (κ2) is 7.06. The van der Waals surface area contributed by atoms with Crippen LogP contribution in [0.3, 0.4) is 0 Å². The van der Waals surface area contributed by atoms with Gasteiger partial charge in [-0.15, -0.1) is 0 Å². The molecule has 1 N–H and O–H groups in total. The first-order valence-corrected chi connectivity index (χ1v) is 7.28. The second-order valence-electron chi connectivity index (χ2n) is 5.55. The molecule has 1 fully saturated rings. The molecule has 2 rings (SSSR count). The van der Waals surface area contributed by atoms with Gasteiger partial charge in [-0.2, -0.15) is 0 Å². The summed E-state index contributed by atoms with van der Waals surface area (Å²) in [5.41, 5.74) is 1.08. The molecule has 0 bridgehead atoms. The molecule has 118 valence electrons. The number of carbonyl (C=O) groups excluding carboxylic acids is 3. The quantitative estimate of drug-likeness (QED) is 0.786. The van der Waals surface area contributed by atoms with Gasteiger partial charge in [0.1, 0.15) is 0 Å². The zero-order chi connectivity index (χ0) is 16.1. The van der Waals surface area contributed by atoms with Crippen molar-refractivity contribution in [3.8, 4) is 0 Å². The van der Waals surface area contributed by atoms with Gasteiger partial charge in [0.25, 0.3) is 0 Å². The van der Waals surface area contributed by atoms with E-state index < -0.39 is 23.8 Å². The van der Waals surface area contributed by atoms with Crippen molar-refractivity contribution in [3.63, 3.8) is 0 Å². The first-order chi connectivity index (χ1) is 10.5. The fourth-order valence-corrected chi connectivity index (χ4v) is 2.83. The fraction of sp³-hybridized carbons (Fsp3) is 0.438. The summed E-state index contributed by atoms with van der Waals surface area (Å²) >= 11 is 0. The lowest BCUT2D eigenvalue weighted by Gasteiger charge is -2.31. The molecule has 22 heavy (non-hydrogen) atoms. The molecule has 0 saturated heterocycles. The van der Waals surface area contributed by atoms with E-state index in [2.05, 4.69) is 5.32 Å². The highest BCUT2D eigenvalue weighted by atomic mass is 16.4. The number of anilines is 1. The van der Waals surface area contributed by atoms with E-state index in [-0.39, 0.29) is 12.3 Å². The van der Waals surface area contributed by atoms with Crippen molar-refractivity contribution in [2.24, 2.45) is 11.8 Å². The maximum atomic E-state index is 12.2. The number of carboxylic acid groups (broad SMARTS) is 2. The first-order valence-electron chi connectivity index (χ1n) is 7.28. The van der Waals surface area contributed by atoms with E-state index in [1.165, 1.54) is 0 Å². The zero-order valence-electron chi connectivity index (χ0n) is 12.0. The topological polar surface area (TPSA) is 109 Å². The molecular formula is C16H17NO5-2. The van der Waals surface area contributed by atoms with Gasteiger partial charge in [-0.25, -0.2) is 0 Å². The van der Waals surface area contributed by atoms with E-state index in [1.54, 1.807) is 24.3 Å². The Labute approximate surface area is 128 Å². The number of aliphatic carboxylic acids is 2. The van der Waals surface area contributed by atoms with Crippen LogP contribution in [0.2, 0.25) is 0 Å². The largest absolute Gasteiger partial charge is 0.550 e. The highest BCUT2D eigenvalue weighted by Gasteiger charge is 2.31. The van der Waals surface area contributed by atoms with E-state index in [1.807, 2.05) is 0 Å². The number of benzene rings is 1. The normalized spacial score (nSPS) is 21.1. The maximum absolute atomic E-state index is 12.2. The summed E-state index contributed by atoms with van der Waals surface area (Å²) in [6.07, 6.45) is 2.43. The predicted molar refractivity (Wildman–Crippen MR) is 74.2 cm³/mol. The number of nitrogens with one attached hydrogen (secondary N) is 1. The maximum Gasteiger partial charge on any atom is 0.228 e. The van der Waals surface area contributed by atoms with E-state index in [0.717, 1.165) is 12.8 Å². The number of rotatable bonds is 5. The highest BCUT2D eigenvalue weighted by molar-refractivity contribution is 5.95. The molecule has 1 saturated carbocycles. The third-order valence-corrected chi connectivity index (χ3v) is 3.98. The van der Waals surface area contributed by atoms with Gasteiger partial charge in [-0.3, -0.25) is 4.79 Å². The number of hydrogen-bond donors (Lipinski definition) is 1. The molecule has 1 amide bonds. The molecule has 0 aromatic heterocycles. The third kappa shape index (κ3) is 4.07. The summed E-state index contributed by atoms with van der Waals surface area (Å²) in [7, 11) is 0. The SMILES string of the molecule is O=C([O-])Cc1ccc(NC(=O)[C@@H]2CCCC[C@H]2C(=O)[O-])cc1. The summed E-state index contributed by atoms with van der Waals surface area (Å²) in [6.45, 7) is 0. The number of amides is 1. The third-order valence-electron chi connectivity index (χ3n) is 3.98. The van der Waals surface area contributed by atoms with Crippen LogP contribution in [0.5, 0.6) is 0 Å². The van der Waals surface area contributed by atoms with E-state index >= 15 is 0 Å². The van der Waals surface area contributed by atoms with Crippen LogP contribution in [-0.4, -0.2) is 17.8 Å². The lowest BCUT2D eigenvalue weighted by atomic mass is 9.78. The lowest BCUT2D eigenvalue weighted by Crippen LogP contribution is -2.42. The Morgan fingerprint density at radius 3 is 2.14 bits per heavy atom. The molecule has 0 unspecified atom stereocenters. The Morgan fingerprint density at radius 2 is 1.59 bits per heavy atom. The molecular weight excluding hydrogens is 286 g/mol. The Bertz CT molecular complexity index is 566. The summed E-state index contributed by atoms with van der Waals surface area (Å²) in [4.78, 5) is 33.9. The van der Waals surface area contributed by atoms with Crippen LogP contribution in [0, 0.1) is 11.8 Å². The minimum atomic E-state index is -1.18. The Hall–Kier alpha value is -2.37. The Balaban J connectivity index is 2.01. The molecule has 0 aliphatic heterocycles. The smallest absolute Gasteiger partial charge is 0.228 e. The second-order valence-corrected chi connectivity index (χ2v) is 5.55. The highest BCUT2D eigenvalue weighted by Crippen LogP contribution is 2.30. The van der Waals surface area contributed by atoms with Crippen LogP contribution in [-0.2, 0) is 20.8 Å². The minimum absolute atomic E-state index is 0.191. The van der Waals surface area contributed by atoms with Gasteiger partial charge < -0.3 is 25.1 Å².